The van der Waals surface area contributed by atoms with Crippen LogP contribution in [-0.2, 0) is 25.6 Å². The largest absolute Gasteiger partial charge is 0.435 e. The molecule has 3 nitrogen and oxygen atoms in total. The first-order valence-electron chi connectivity index (χ1n) is 5.30. The molecule has 0 bridgehead atoms. The van der Waals surface area contributed by atoms with Crippen LogP contribution in [0.3, 0.4) is 0 Å². The normalized spacial score (nSPS) is 16.2. The molecule has 1 aromatic rings. The predicted molar refractivity (Wildman–Crippen MR) is 51.0 cm³/mol. The number of aromatic nitrogens is 2. The summed E-state index contributed by atoms with van der Waals surface area (Å²) in [5.74, 6) is 0. The topological polar surface area (TPSA) is 38.0 Å². The highest BCUT2D eigenvalue weighted by atomic mass is 19.4. The molecule has 2 rings (SSSR count). The van der Waals surface area contributed by atoms with Crippen molar-refractivity contribution in [2.24, 2.45) is 0 Å². The summed E-state index contributed by atoms with van der Waals surface area (Å²) in [6.07, 6.45) is -1.65. The predicted octanol–water partition coefficient (Wildman–Crippen LogP) is 1.77. The fourth-order valence-corrected chi connectivity index (χ4v) is 2.18. The summed E-state index contributed by atoms with van der Waals surface area (Å²) < 4.78 is 39.4. The summed E-state index contributed by atoms with van der Waals surface area (Å²) in [5, 5.41) is 12.4. The van der Waals surface area contributed by atoms with Crippen molar-refractivity contribution in [1.82, 2.24) is 9.78 Å². The molecule has 1 aromatic heterocycles. The van der Waals surface area contributed by atoms with Gasteiger partial charge in [0.25, 0.3) is 0 Å². The zero-order valence-corrected chi connectivity index (χ0v) is 8.72. The Morgan fingerprint density at radius 3 is 2.56 bits per heavy atom. The second kappa shape index (κ2) is 4.08. The average Bonchev–Trinajstić information content (AvgIpc) is 2.58. The molecule has 6 heteroatoms. The number of alkyl halides is 3. The molecule has 0 fully saturated rings. The van der Waals surface area contributed by atoms with Gasteiger partial charge in [-0.3, -0.25) is 4.68 Å². The van der Waals surface area contributed by atoms with Crippen LogP contribution >= 0.6 is 0 Å². The van der Waals surface area contributed by atoms with E-state index in [1.54, 1.807) is 0 Å². The molecule has 0 saturated carbocycles. The monoisotopic (exact) mass is 234 g/mol. The number of hydrogen-bond acceptors (Lipinski definition) is 2. The lowest BCUT2D eigenvalue weighted by Gasteiger charge is -2.14. The van der Waals surface area contributed by atoms with Crippen LogP contribution in [0.15, 0.2) is 0 Å². The lowest BCUT2D eigenvalue weighted by molar-refractivity contribution is -0.142. The minimum Gasteiger partial charge on any atom is -0.394 e. The summed E-state index contributed by atoms with van der Waals surface area (Å²) in [6, 6.07) is 0. The molecule has 0 unspecified atom stereocenters. The van der Waals surface area contributed by atoms with Gasteiger partial charge in [-0.2, -0.15) is 18.3 Å². The zero-order chi connectivity index (χ0) is 11.8. The van der Waals surface area contributed by atoms with Crippen molar-refractivity contribution >= 4 is 0 Å². The van der Waals surface area contributed by atoms with E-state index in [-0.39, 0.29) is 13.2 Å². The van der Waals surface area contributed by atoms with Gasteiger partial charge in [0.05, 0.1) is 13.2 Å². The Morgan fingerprint density at radius 1 is 1.25 bits per heavy atom. The minimum atomic E-state index is -4.39. The van der Waals surface area contributed by atoms with E-state index >= 15 is 0 Å². The number of aliphatic hydroxyl groups excluding tert-OH is 1. The Kier molecular flexibility index (Phi) is 2.92. The molecule has 1 N–H and O–H groups in total. The lowest BCUT2D eigenvalue weighted by Crippen LogP contribution is -2.11. The Bertz CT molecular complexity index is 384. The molecule has 0 saturated heterocycles. The fraction of sp³-hybridized carbons (Fsp3) is 0.700. The number of rotatable bonds is 2. The van der Waals surface area contributed by atoms with Crippen LogP contribution in [0.4, 0.5) is 13.2 Å². The van der Waals surface area contributed by atoms with Gasteiger partial charge >= 0.3 is 6.18 Å². The van der Waals surface area contributed by atoms with Gasteiger partial charge in [-0.25, -0.2) is 0 Å². The molecule has 0 spiro atoms. The van der Waals surface area contributed by atoms with E-state index in [1.165, 1.54) is 4.68 Å². The van der Waals surface area contributed by atoms with E-state index in [2.05, 4.69) is 5.10 Å². The summed E-state index contributed by atoms with van der Waals surface area (Å²) >= 11 is 0. The first-order valence-corrected chi connectivity index (χ1v) is 5.30. The minimum absolute atomic E-state index is 0.137. The molecule has 0 aliphatic heterocycles. The highest BCUT2D eigenvalue weighted by molar-refractivity contribution is 5.30. The maximum Gasteiger partial charge on any atom is 0.435 e. The SMILES string of the molecule is OCCn1nc(C(F)(F)F)c2c1CCCC2. The van der Waals surface area contributed by atoms with Crippen molar-refractivity contribution in [1.29, 1.82) is 0 Å². The molecule has 0 aromatic carbocycles. The molecular formula is C10H13F3N2O. The molecule has 1 aliphatic carbocycles. The standard InChI is InChI=1S/C10H13F3N2O/c11-10(12,13)9-7-3-1-2-4-8(7)15(14-9)5-6-16/h16H,1-6H2. The summed E-state index contributed by atoms with van der Waals surface area (Å²) in [7, 11) is 0. The average molecular weight is 234 g/mol. The van der Waals surface area contributed by atoms with Crippen LogP contribution in [0.2, 0.25) is 0 Å². The van der Waals surface area contributed by atoms with Gasteiger partial charge < -0.3 is 5.11 Å². The lowest BCUT2D eigenvalue weighted by atomic mass is 9.95. The van der Waals surface area contributed by atoms with E-state index in [9.17, 15) is 13.2 Å². The smallest absolute Gasteiger partial charge is 0.394 e. The first-order chi connectivity index (χ1) is 7.54. The third kappa shape index (κ3) is 1.93. The van der Waals surface area contributed by atoms with Crippen molar-refractivity contribution in [2.75, 3.05) is 6.61 Å². The van der Waals surface area contributed by atoms with E-state index in [4.69, 9.17) is 5.11 Å². The third-order valence-corrected chi connectivity index (χ3v) is 2.84. The highest BCUT2D eigenvalue weighted by Crippen LogP contribution is 2.35. The maximum atomic E-state index is 12.7. The van der Waals surface area contributed by atoms with Gasteiger partial charge in [0.15, 0.2) is 5.69 Å². The Hall–Kier alpha value is -1.04. The van der Waals surface area contributed by atoms with Crippen molar-refractivity contribution in [3.8, 4) is 0 Å². The summed E-state index contributed by atoms with van der Waals surface area (Å²) in [5.41, 5.74) is 0.204. The number of hydrogen-bond donors (Lipinski definition) is 1. The van der Waals surface area contributed by atoms with Crippen LogP contribution in [0.1, 0.15) is 29.8 Å². The van der Waals surface area contributed by atoms with Crippen molar-refractivity contribution in [2.45, 2.75) is 38.4 Å². The van der Waals surface area contributed by atoms with Crippen molar-refractivity contribution < 1.29 is 18.3 Å². The van der Waals surface area contributed by atoms with E-state index in [1.807, 2.05) is 0 Å². The number of fused-ring (bicyclic) bond motifs is 1. The van der Waals surface area contributed by atoms with E-state index in [0.717, 1.165) is 12.8 Å². The van der Waals surface area contributed by atoms with Gasteiger partial charge in [0.1, 0.15) is 0 Å². The fourth-order valence-electron chi connectivity index (χ4n) is 2.18. The first kappa shape index (κ1) is 11.4. The van der Waals surface area contributed by atoms with Crippen LogP contribution in [0, 0.1) is 0 Å². The van der Waals surface area contributed by atoms with Gasteiger partial charge in [-0.15, -0.1) is 0 Å². The maximum absolute atomic E-state index is 12.7. The zero-order valence-electron chi connectivity index (χ0n) is 8.72. The number of halogens is 3. The van der Waals surface area contributed by atoms with Crippen LogP contribution in [0.5, 0.6) is 0 Å². The van der Waals surface area contributed by atoms with E-state index < -0.39 is 11.9 Å². The second-order valence-corrected chi connectivity index (χ2v) is 3.93. The molecule has 1 heterocycles. The Balaban J connectivity index is 2.46. The van der Waals surface area contributed by atoms with Crippen LogP contribution in [0.25, 0.3) is 0 Å². The summed E-state index contributed by atoms with van der Waals surface area (Å²) in [4.78, 5) is 0. The van der Waals surface area contributed by atoms with Crippen molar-refractivity contribution in [3.63, 3.8) is 0 Å². The molecule has 16 heavy (non-hydrogen) atoms. The molecule has 90 valence electrons. The number of aliphatic hydroxyl groups is 1. The van der Waals surface area contributed by atoms with Gasteiger partial charge in [0, 0.05) is 11.3 Å². The molecule has 0 atom stereocenters. The van der Waals surface area contributed by atoms with Crippen LogP contribution < -0.4 is 0 Å². The summed E-state index contributed by atoms with van der Waals surface area (Å²) in [6.45, 7) is -0.0518. The highest BCUT2D eigenvalue weighted by Gasteiger charge is 2.39. The Morgan fingerprint density at radius 2 is 1.94 bits per heavy atom. The van der Waals surface area contributed by atoms with Gasteiger partial charge in [-0.1, -0.05) is 0 Å². The second-order valence-electron chi connectivity index (χ2n) is 3.93. The quantitative estimate of drug-likeness (QED) is 0.846. The van der Waals surface area contributed by atoms with Crippen LogP contribution in [-0.4, -0.2) is 21.5 Å². The molecule has 0 amide bonds. The molecular weight excluding hydrogens is 221 g/mol. The molecule has 1 aliphatic rings. The van der Waals surface area contributed by atoms with Crippen molar-refractivity contribution in [3.05, 3.63) is 17.0 Å². The number of nitrogens with zero attached hydrogens (tertiary/aromatic N) is 2. The third-order valence-electron chi connectivity index (χ3n) is 2.84. The van der Waals surface area contributed by atoms with E-state index in [0.29, 0.717) is 24.1 Å². The Labute approximate surface area is 90.9 Å². The van der Waals surface area contributed by atoms with Gasteiger partial charge in [0.2, 0.25) is 0 Å². The van der Waals surface area contributed by atoms with Gasteiger partial charge in [-0.05, 0) is 25.7 Å². The molecule has 0 radical (unpaired) electrons.